The van der Waals surface area contributed by atoms with Crippen molar-refractivity contribution in [3.63, 3.8) is 0 Å². The number of nitrogens with one attached hydrogen (secondary N) is 1. The number of anilines is 1. The molecule has 4 aromatic rings. The van der Waals surface area contributed by atoms with Gasteiger partial charge in [-0.1, -0.05) is 24.3 Å². The van der Waals surface area contributed by atoms with Crippen molar-refractivity contribution in [3.05, 3.63) is 101 Å². The molecule has 30 heavy (non-hydrogen) atoms. The van der Waals surface area contributed by atoms with Crippen LogP contribution in [0.1, 0.15) is 32.9 Å². The number of rotatable bonds is 6. The molecule has 0 aliphatic carbocycles. The summed E-state index contributed by atoms with van der Waals surface area (Å²) >= 11 is 0. The molecule has 0 aliphatic rings. The molecule has 0 saturated carbocycles. The second-order valence-corrected chi connectivity index (χ2v) is 7.29. The van der Waals surface area contributed by atoms with Crippen LogP contribution in [0.2, 0.25) is 0 Å². The van der Waals surface area contributed by atoms with E-state index in [0.717, 1.165) is 22.5 Å². The van der Waals surface area contributed by atoms with E-state index in [-0.39, 0.29) is 11.7 Å². The molecule has 7 heteroatoms. The number of hydrogen-bond donors (Lipinski definition) is 1. The molecule has 0 fully saturated rings. The van der Waals surface area contributed by atoms with Gasteiger partial charge in [-0.2, -0.15) is 10.2 Å². The van der Waals surface area contributed by atoms with Crippen LogP contribution in [0, 0.1) is 19.7 Å². The lowest BCUT2D eigenvalue weighted by molar-refractivity contribution is 0.102. The zero-order valence-corrected chi connectivity index (χ0v) is 16.8. The number of aromatic nitrogens is 4. The maximum absolute atomic E-state index is 13.0. The van der Waals surface area contributed by atoms with Crippen molar-refractivity contribution in [1.29, 1.82) is 0 Å². The van der Waals surface area contributed by atoms with Crippen LogP contribution in [-0.2, 0) is 13.1 Å². The SMILES string of the molecule is Cc1cc(C)n(Cc2ccc(C(=O)Nc3cnn(Cc4ccc(F)cc4)c3)cc2)n1. The Bertz CT molecular complexity index is 1160. The highest BCUT2D eigenvalue weighted by Crippen LogP contribution is 2.13. The van der Waals surface area contributed by atoms with Gasteiger partial charge in [0.25, 0.3) is 5.91 Å². The van der Waals surface area contributed by atoms with Crippen LogP contribution >= 0.6 is 0 Å². The maximum atomic E-state index is 13.0. The number of hydrogen-bond acceptors (Lipinski definition) is 3. The minimum atomic E-state index is -0.270. The Labute approximate surface area is 174 Å². The van der Waals surface area contributed by atoms with Gasteiger partial charge in [-0.25, -0.2) is 4.39 Å². The van der Waals surface area contributed by atoms with Gasteiger partial charge in [0.2, 0.25) is 0 Å². The summed E-state index contributed by atoms with van der Waals surface area (Å²) in [4.78, 5) is 12.5. The van der Waals surface area contributed by atoms with E-state index >= 15 is 0 Å². The summed E-state index contributed by atoms with van der Waals surface area (Å²) in [6.45, 7) is 5.16. The number of benzene rings is 2. The molecule has 0 bridgehead atoms. The van der Waals surface area contributed by atoms with E-state index in [1.165, 1.54) is 12.1 Å². The summed E-state index contributed by atoms with van der Waals surface area (Å²) < 4.78 is 16.7. The van der Waals surface area contributed by atoms with Crippen molar-refractivity contribution in [3.8, 4) is 0 Å². The van der Waals surface area contributed by atoms with Crippen LogP contribution < -0.4 is 5.32 Å². The normalized spacial score (nSPS) is 10.9. The van der Waals surface area contributed by atoms with Gasteiger partial charge >= 0.3 is 0 Å². The Balaban J connectivity index is 1.37. The predicted octanol–water partition coefficient (Wildman–Crippen LogP) is 4.18. The van der Waals surface area contributed by atoms with E-state index in [1.54, 1.807) is 41.3 Å². The highest BCUT2D eigenvalue weighted by Gasteiger charge is 2.09. The van der Waals surface area contributed by atoms with Gasteiger partial charge in [0.15, 0.2) is 0 Å². The Morgan fingerprint density at radius 3 is 2.33 bits per heavy atom. The van der Waals surface area contributed by atoms with Crippen molar-refractivity contribution in [1.82, 2.24) is 19.6 Å². The number of amides is 1. The minimum absolute atomic E-state index is 0.200. The molecule has 0 saturated heterocycles. The molecule has 152 valence electrons. The molecule has 1 N–H and O–H groups in total. The fourth-order valence-electron chi connectivity index (χ4n) is 3.26. The molecule has 0 spiro atoms. The minimum Gasteiger partial charge on any atom is -0.319 e. The largest absolute Gasteiger partial charge is 0.319 e. The molecule has 6 nitrogen and oxygen atoms in total. The van der Waals surface area contributed by atoms with Gasteiger partial charge in [0, 0.05) is 17.5 Å². The standard InChI is InChI=1S/C23H22FN5O/c1-16-11-17(2)29(27-16)14-19-3-7-20(8-4-19)23(30)26-22-12-25-28(15-22)13-18-5-9-21(24)10-6-18/h3-12,15H,13-14H2,1-2H3,(H,26,30). The summed E-state index contributed by atoms with van der Waals surface area (Å²) in [6, 6.07) is 15.8. The highest BCUT2D eigenvalue weighted by atomic mass is 19.1. The van der Waals surface area contributed by atoms with Crippen molar-refractivity contribution in [2.24, 2.45) is 0 Å². The summed E-state index contributed by atoms with van der Waals surface area (Å²) in [5.74, 6) is -0.470. The first-order chi connectivity index (χ1) is 14.5. The van der Waals surface area contributed by atoms with E-state index in [1.807, 2.05) is 36.7 Å². The lowest BCUT2D eigenvalue weighted by Gasteiger charge is -2.07. The van der Waals surface area contributed by atoms with E-state index in [9.17, 15) is 9.18 Å². The molecule has 2 heterocycles. The average Bonchev–Trinajstić information content (AvgIpc) is 3.29. The summed E-state index contributed by atoms with van der Waals surface area (Å²) in [5, 5.41) is 11.6. The Morgan fingerprint density at radius 2 is 1.67 bits per heavy atom. The third kappa shape index (κ3) is 4.63. The first kappa shape index (κ1) is 19.6. The van der Waals surface area contributed by atoms with Gasteiger partial charge in [0.1, 0.15) is 5.82 Å². The second-order valence-electron chi connectivity index (χ2n) is 7.29. The van der Waals surface area contributed by atoms with E-state index in [0.29, 0.717) is 24.3 Å². The Hall–Kier alpha value is -3.74. The van der Waals surface area contributed by atoms with E-state index in [2.05, 4.69) is 15.5 Å². The van der Waals surface area contributed by atoms with Crippen LogP contribution in [0.5, 0.6) is 0 Å². The first-order valence-corrected chi connectivity index (χ1v) is 9.64. The molecule has 2 aromatic carbocycles. The number of carbonyl (C=O) groups excluding carboxylic acids is 1. The molecule has 1 amide bonds. The quantitative estimate of drug-likeness (QED) is 0.525. The Kier molecular flexibility index (Phi) is 5.43. The van der Waals surface area contributed by atoms with Crippen LogP contribution in [0.25, 0.3) is 0 Å². The molecule has 0 radical (unpaired) electrons. The zero-order chi connectivity index (χ0) is 21.1. The number of halogens is 1. The van der Waals surface area contributed by atoms with Crippen LogP contribution in [0.15, 0.2) is 67.0 Å². The smallest absolute Gasteiger partial charge is 0.255 e. The van der Waals surface area contributed by atoms with Crippen molar-refractivity contribution < 1.29 is 9.18 Å². The van der Waals surface area contributed by atoms with Crippen molar-refractivity contribution in [2.75, 3.05) is 5.32 Å². The second kappa shape index (κ2) is 8.32. The molecule has 2 aromatic heterocycles. The summed E-state index contributed by atoms with van der Waals surface area (Å²) in [7, 11) is 0. The van der Waals surface area contributed by atoms with E-state index in [4.69, 9.17) is 0 Å². The number of nitrogens with zero attached hydrogens (tertiary/aromatic N) is 4. The molecule has 0 aliphatic heterocycles. The monoisotopic (exact) mass is 403 g/mol. The van der Waals surface area contributed by atoms with Crippen LogP contribution in [-0.4, -0.2) is 25.5 Å². The van der Waals surface area contributed by atoms with Crippen LogP contribution in [0.3, 0.4) is 0 Å². The third-order valence-electron chi connectivity index (χ3n) is 4.80. The summed E-state index contributed by atoms with van der Waals surface area (Å²) in [6.07, 6.45) is 3.34. The first-order valence-electron chi connectivity index (χ1n) is 9.64. The third-order valence-corrected chi connectivity index (χ3v) is 4.80. The maximum Gasteiger partial charge on any atom is 0.255 e. The molecular weight excluding hydrogens is 381 g/mol. The highest BCUT2D eigenvalue weighted by molar-refractivity contribution is 6.04. The topological polar surface area (TPSA) is 64.7 Å². The fourth-order valence-corrected chi connectivity index (χ4v) is 3.26. The average molecular weight is 403 g/mol. The van der Waals surface area contributed by atoms with Gasteiger partial charge in [-0.15, -0.1) is 0 Å². The van der Waals surface area contributed by atoms with Gasteiger partial charge in [-0.05, 0) is 55.3 Å². The van der Waals surface area contributed by atoms with Crippen molar-refractivity contribution in [2.45, 2.75) is 26.9 Å². The summed E-state index contributed by atoms with van der Waals surface area (Å²) in [5.41, 5.74) is 5.27. The number of carbonyl (C=O) groups is 1. The van der Waals surface area contributed by atoms with Crippen molar-refractivity contribution >= 4 is 11.6 Å². The predicted molar refractivity (Wildman–Crippen MR) is 113 cm³/mol. The van der Waals surface area contributed by atoms with E-state index < -0.39 is 0 Å². The molecule has 0 unspecified atom stereocenters. The number of aryl methyl sites for hydroxylation is 2. The van der Waals surface area contributed by atoms with Gasteiger partial charge in [-0.3, -0.25) is 14.2 Å². The lowest BCUT2D eigenvalue weighted by Crippen LogP contribution is -2.12. The Morgan fingerprint density at radius 1 is 1.00 bits per heavy atom. The zero-order valence-electron chi connectivity index (χ0n) is 16.8. The molecule has 0 atom stereocenters. The van der Waals surface area contributed by atoms with Gasteiger partial charge in [0.05, 0.1) is 30.7 Å². The fraction of sp³-hybridized carbons (Fsp3) is 0.174. The van der Waals surface area contributed by atoms with Crippen LogP contribution in [0.4, 0.5) is 10.1 Å². The molecule has 4 rings (SSSR count). The van der Waals surface area contributed by atoms with Gasteiger partial charge < -0.3 is 5.32 Å². The molecular formula is C23H22FN5O. The lowest BCUT2D eigenvalue weighted by atomic mass is 10.1.